The third-order valence-corrected chi connectivity index (χ3v) is 5.30. The average molecular weight is 615 g/mol. The van der Waals surface area contributed by atoms with Crippen molar-refractivity contribution >= 4 is 64.0 Å². The number of aliphatic carboxylic acids is 1. The van der Waals surface area contributed by atoms with Crippen molar-refractivity contribution in [2.24, 2.45) is 0 Å². The molecule has 0 aliphatic carbocycles. The van der Waals surface area contributed by atoms with Crippen molar-refractivity contribution in [1.82, 2.24) is 15.1 Å². The van der Waals surface area contributed by atoms with Gasteiger partial charge in [0.2, 0.25) is 5.91 Å². The van der Waals surface area contributed by atoms with E-state index in [-0.39, 0.29) is 32.9 Å². The average Bonchev–Trinajstić information content (AvgIpc) is 3.32. The van der Waals surface area contributed by atoms with Crippen molar-refractivity contribution in [1.29, 1.82) is 0 Å². The summed E-state index contributed by atoms with van der Waals surface area (Å²) in [6, 6.07) is 11.3. The van der Waals surface area contributed by atoms with E-state index in [4.69, 9.17) is 33.1 Å². The van der Waals surface area contributed by atoms with E-state index < -0.39 is 24.0 Å². The number of carbonyl (C=O) groups excluding carboxylic acids is 3. The zero-order valence-electron chi connectivity index (χ0n) is 21.3. The van der Waals surface area contributed by atoms with Crippen molar-refractivity contribution in [3.63, 3.8) is 0 Å². The molecule has 41 heavy (non-hydrogen) atoms. The fourth-order valence-corrected chi connectivity index (χ4v) is 3.45. The van der Waals surface area contributed by atoms with Crippen LogP contribution in [0, 0.1) is 0 Å². The fourth-order valence-electron chi connectivity index (χ4n) is 2.88. The highest BCUT2D eigenvalue weighted by atomic mass is 35.5. The summed E-state index contributed by atoms with van der Waals surface area (Å²) in [5.74, 6) is -4.18. The van der Waals surface area contributed by atoms with Gasteiger partial charge >= 0.3 is 12.1 Å². The first-order valence-electron chi connectivity index (χ1n) is 11.3. The Morgan fingerprint density at radius 1 is 0.976 bits per heavy atom. The Balaban J connectivity index is 0.000000745. The number of nitrogens with one attached hydrogen (secondary N) is 4. The minimum atomic E-state index is -5.08. The van der Waals surface area contributed by atoms with E-state index in [1.165, 1.54) is 24.4 Å². The van der Waals surface area contributed by atoms with Crippen LogP contribution in [0.1, 0.15) is 20.8 Å². The molecule has 0 unspecified atom stereocenters. The van der Waals surface area contributed by atoms with Gasteiger partial charge in [0, 0.05) is 24.0 Å². The largest absolute Gasteiger partial charge is 0.490 e. The summed E-state index contributed by atoms with van der Waals surface area (Å²) >= 11 is 12.2. The minimum Gasteiger partial charge on any atom is -0.475 e. The highest BCUT2D eigenvalue weighted by molar-refractivity contribution is 6.40. The lowest BCUT2D eigenvalue weighted by molar-refractivity contribution is -0.192. The van der Waals surface area contributed by atoms with Gasteiger partial charge in [0.05, 0.1) is 27.5 Å². The Kier molecular flexibility index (Phi) is 11.9. The minimum absolute atomic E-state index is 0.0255. The Morgan fingerprint density at radius 3 is 2.10 bits per heavy atom. The molecule has 1 aromatic heterocycles. The Hall–Kier alpha value is -4.40. The maximum atomic E-state index is 12.8. The van der Waals surface area contributed by atoms with E-state index in [1.807, 2.05) is 19.0 Å². The van der Waals surface area contributed by atoms with Crippen LogP contribution >= 0.6 is 23.2 Å². The molecule has 3 amide bonds. The molecule has 0 aliphatic rings. The highest BCUT2D eigenvalue weighted by Crippen LogP contribution is 2.26. The predicted molar refractivity (Wildman–Crippen MR) is 147 cm³/mol. The summed E-state index contributed by atoms with van der Waals surface area (Å²) in [6.45, 7) is 0.634. The number of alkyl halides is 3. The molecule has 0 spiro atoms. The first-order valence-corrected chi connectivity index (χ1v) is 12.1. The van der Waals surface area contributed by atoms with Gasteiger partial charge in [-0.1, -0.05) is 41.4 Å². The molecule has 3 rings (SSSR count). The molecule has 0 saturated carbocycles. The number of amides is 3. The lowest BCUT2D eigenvalue weighted by atomic mass is 10.2. The molecular weight excluding hydrogens is 592 g/mol. The number of carbonyl (C=O) groups is 4. The van der Waals surface area contributed by atoms with E-state index >= 15 is 0 Å². The second-order valence-electron chi connectivity index (χ2n) is 8.20. The topological polar surface area (TPSA) is 157 Å². The van der Waals surface area contributed by atoms with E-state index in [0.717, 1.165) is 0 Å². The molecule has 16 heteroatoms. The van der Waals surface area contributed by atoms with Gasteiger partial charge in [-0.05, 0) is 44.4 Å². The van der Waals surface area contributed by atoms with Crippen LogP contribution in [0.25, 0.3) is 0 Å². The van der Waals surface area contributed by atoms with Crippen molar-refractivity contribution in [2.75, 3.05) is 36.6 Å². The fraction of sp³-hybridized carbons (Fsp3) is 0.160. The van der Waals surface area contributed by atoms with Gasteiger partial charge in [0.1, 0.15) is 5.69 Å². The Bertz CT molecular complexity index is 1420. The number of hydrogen-bond donors (Lipinski definition) is 5. The number of aromatic amines is 1. The molecule has 0 bridgehead atoms. The summed E-state index contributed by atoms with van der Waals surface area (Å²) < 4.78 is 31.7. The smallest absolute Gasteiger partial charge is 0.475 e. The zero-order valence-corrected chi connectivity index (χ0v) is 22.9. The van der Waals surface area contributed by atoms with Crippen LogP contribution in [-0.4, -0.2) is 70.7 Å². The third-order valence-electron chi connectivity index (χ3n) is 4.67. The summed E-state index contributed by atoms with van der Waals surface area (Å²) in [6.07, 6.45) is -0.602. The van der Waals surface area contributed by atoms with Crippen molar-refractivity contribution in [3.05, 3.63) is 82.1 Å². The number of H-pyrrole nitrogens is 1. The van der Waals surface area contributed by atoms with Crippen LogP contribution in [0.15, 0.2) is 60.8 Å². The number of aromatic nitrogens is 2. The Labute approximate surface area is 241 Å². The van der Waals surface area contributed by atoms with Crippen LogP contribution in [0.2, 0.25) is 10.0 Å². The molecule has 0 saturated heterocycles. The molecule has 0 radical (unpaired) electrons. The molecule has 2 aromatic carbocycles. The molecule has 3 aromatic rings. The van der Waals surface area contributed by atoms with Crippen LogP contribution in [0.5, 0.6) is 0 Å². The first kappa shape index (κ1) is 32.8. The molecule has 0 aliphatic heterocycles. The monoisotopic (exact) mass is 614 g/mol. The first-order chi connectivity index (χ1) is 19.2. The molecular formula is C25H23Cl2F3N6O5. The quantitative estimate of drug-likeness (QED) is 0.226. The molecule has 11 nitrogen and oxygen atoms in total. The Morgan fingerprint density at radius 2 is 1.54 bits per heavy atom. The maximum Gasteiger partial charge on any atom is 0.490 e. The third kappa shape index (κ3) is 10.6. The van der Waals surface area contributed by atoms with Gasteiger partial charge in [-0.3, -0.25) is 19.5 Å². The van der Waals surface area contributed by atoms with Crippen molar-refractivity contribution < 1.29 is 37.5 Å². The number of anilines is 3. The summed E-state index contributed by atoms with van der Waals surface area (Å²) in [4.78, 5) is 48.3. The summed E-state index contributed by atoms with van der Waals surface area (Å²) in [7, 11) is 3.80. The predicted octanol–water partition coefficient (Wildman–Crippen LogP) is 4.91. The van der Waals surface area contributed by atoms with Gasteiger partial charge in [-0.15, -0.1) is 0 Å². The number of hydrogen-bond acceptors (Lipinski definition) is 6. The van der Waals surface area contributed by atoms with Crippen LogP contribution in [-0.2, 0) is 9.59 Å². The molecule has 218 valence electrons. The highest BCUT2D eigenvalue weighted by Gasteiger charge is 2.38. The number of likely N-dealkylation sites (N-methyl/N-ethyl adjacent to an activating group) is 1. The van der Waals surface area contributed by atoms with Crippen molar-refractivity contribution in [3.8, 4) is 0 Å². The lowest BCUT2D eigenvalue weighted by Gasteiger charge is -2.10. The number of carboxylic acids is 1. The lowest BCUT2D eigenvalue weighted by Crippen LogP contribution is -2.21. The SMILES string of the molecule is CN(C)C/C=C/C(=O)Nc1cccc(NC(=O)c2[nH]ncc2NC(=O)c2c(Cl)cccc2Cl)c1.O=C(O)C(F)(F)F. The molecule has 5 N–H and O–H groups in total. The second kappa shape index (κ2) is 14.8. The number of benzene rings is 2. The molecule has 0 fully saturated rings. The number of nitrogens with zero attached hydrogens (tertiary/aromatic N) is 2. The molecule has 1 heterocycles. The van der Waals surface area contributed by atoms with E-state index in [9.17, 15) is 27.6 Å². The second-order valence-corrected chi connectivity index (χ2v) is 9.02. The van der Waals surface area contributed by atoms with E-state index in [0.29, 0.717) is 17.9 Å². The standard InChI is InChI=1S/C23H22Cl2N6O3.C2HF3O2/c1-31(2)11-5-10-19(32)27-14-6-3-7-15(12-14)28-23(34)21-18(13-26-30-21)29-22(33)20-16(24)8-4-9-17(20)25;3-2(4,5)1(6)7/h3-10,12-13H,11H2,1-2H3,(H,26,30)(H,27,32)(H,28,34)(H,29,33);(H,6,7)/b10-5+;. The van der Waals surface area contributed by atoms with Gasteiger partial charge < -0.3 is 26.0 Å². The van der Waals surface area contributed by atoms with Gasteiger partial charge in [0.25, 0.3) is 11.8 Å². The van der Waals surface area contributed by atoms with E-state index in [2.05, 4.69) is 26.1 Å². The van der Waals surface area contributed by atoms with Crippen molar-refractivity contribution in [2.45, 2.75) is 6.18 Å². The number of rotatable bonds is 8. The molecule has 0 atom stereocenters. The van der Waals surface area contributed by atoms with Crippen LogP contribution in [0.4, 0.5) is 30.2 Å². The van der Waals surface area contributed by atoms with Crippen LogP contribution in [0.3, 0.4) is 0 Å². The van der Waals surface area contributed by atoms with Gasteiger partial charge in [0.15, 0.2) is 0 Å². The van der Waals surface area contributed by atoms with Crippen LogP contribution < -0.4 is 16.0 Å². The zero-order chi connectivity index (χ0) is 30.7. The van der Waals surface area contributed by atoms with E-state index in [1.54, 1.807) is 36.4 Å². The summed E-state index contributed by atoms with van der Waals surface area (Å²) in [5.41, 5.74) is 1.19. The number of halogens is 5. The maximum absolute atomic E-state index is 12.8. The summed E-state index contributed by atoms with van der Waals surface area (Å²) in [5, 5.41) is 21.9. The normalized spacial score (nSPS) is 11.0. The van der Waals surface area contributed by atoms with Gasteiger partial charge in [-0.2, -0.15) is 18.3 Å². The van der Waals surface area contributed by atoms with Gasteiger partial charge in [-0.25, -0.2) is 4.79 Å². The number of carboxylic acid groups (broad SMARTS) is 1.